The molecule has 0 saturated heterocycles. The van der Waals surface area contributed by atoms with Gasteiger partial charge in [0.2, 0.25) is 0 Å². The number of hydrogen-bond acceptors (Lipinski definition) is 8. The monoisotopic (exact) mass is 521 g/mol. The van der Waals surface area contributed by atoms with E-state index < -0.39 is 29.3 Å². The van der Waals surface area contributed by atoms with Gasteiger partial charge in [0.15, 0.2) is 5.13 Å². The molecule has 0 aromatic carbocycles. The van der Waals surface area contributed by atoms with Gasteiger partial charge in [-0.15, -0.1) is 11.3 Å². The van der Waals surface area contributed by atoms with Crippen LogP contribution in [0.1, 0.15) is 45.7 Å². The zero-order chi connectivity index (χ0) is 26.5. The molecule has 0 unspecified atom stereocenters. The summed E-state index contributed by atoms with van der Waals surface area (Å²) in [5.41, 5.74) is -0.106. The molecule has 0 aliphatic carbocycles. The van der Waals surface area contributed by atoms with Crippen molar-refractivity contribution in [1.29, 1.82) is 0 Å². The maximum Gasteiger partial charge on any atom is 0.420 e. The van der Waals surface area contributed by atoms with Gasteiger partial charge < -0.3 is 14.8 Å². The van der Waals surface area contributed by atoms with E-state index in [1.165, 1.54) is 13.2 Å². The van der Waals surface area contributed by atoms with Crippen molar-refractivity contribution < 1.29 is 27.4 Å². The number of aromatic nitrogens is 3. The lowest BCUT2D eigenvalue weighted by Gasteiger charge is -2.25. The van der Waals surface area contributed by atoms with E-state index in [0.29, 0.717) is 17.1 Å². The Labute approximate surface area is 210 Å². The molecule has 0 atom stereocenters. The Morgan fingerprint density at radius 1 is 1.17 bits per heavy atom. The van der Waals surface area contributed by atoms with Crippen molar-refractivity contribution in [1.82, 2.24) is 15.0 Å². The van der Waals surface area contributed by atoms with Crippen LogP contribution in [0.3, 0.4) is 0 Å². The van der Waals surface area contributed by atoms with E-state index in [0.717, 1.165) is 34.3 Å². The lowest BCUT2D eigenvalue weighted by atomic mass is 10.0. The zero-order valence-corrected chi connectivity index (χ0v) is 21.5. The van der Waals surface area contributed by atoms with E-state index in [2.05, 4.69) is 20.3 Å². The predicted molar refractivity (Wildman–Crippen MR) is 131 cm³/mol. The van der Waals surface area contributed by atoms with Crippen LogP contribution in [-0.4, -0.2) is 39.3 Å². The van der Waals surface area contributed by atoms with Crippen LogP contribution in [0.5, 0.6) is 5.75 Å². The first-order valence-corrected chi connectivity index (χ1v) is 11.9. The van der Waals surface area contributed by atoms with Crippen molar-refractivity contribution >= 4 is 34.1 Å². The number of nitrogens with one attached hydrogen (secondary N) is 1. The van der Waals surface area contributed by atoms with Crippen molar-refractivity contribution in [2.24, 2.45) is 0 Å². The summed E-state index contributed by atoms with van der Waals surface area (Å²) in [7, 11) is 1.32. The minimum atomic E-state index is -4.73. The fraction of sp³-hybridized carbons (Fsp3) is 0.417. The molecule has 1 aliphatic rings. The smallest absolute Gasteiger partial charge is 0.420 e. The average molecular weight is 522 g/mol. The third-order valence-electron chi connectivity index (χ3n) is 5.18. The van der Waals surface area contributed by atoms with E-state index in [4.69, 9.17) is 9.47 Å². The van der Waals surface area contributed by atoms with Crippen molar-refractivity contribution in [3.05, 3.63) is 41.0 Å². The first-order valence-electron chi connectivity index (χ1n) is 11.1. The van der Waals surface area contributed by atoms with E-state index in [1.54, 1.807) is 32.3 Å². The van der Waals surface area contributed by atoms with Gasteiger partial charge in [0.1, 0.15) is 34.0 Å². The molecule has 4 heterocycles. The molecule has 8 nitrogen and oxygen atoms in total. The summed E-state index contributed by atoms with van der Waals surface area (Å²) < 4.78 is 52.7. The Hall–Kier alpha value is -3.41. The van der Waals surface area contributed by atoms with Crippen LogP contribution in [-0.2, 0) is 17.3 Å². The summed E-state index contributed by atoms with van der Waals surface area (Å²) in [6.07, 6.45) is -2.00. The molecule has 0 spiro atoms. The Morgan fingerprint density at radius 2 is 1.89 bits per heavy atom. The number of anilines is 3. The number of carbonyl (C=O) groups is 1. The molecule has 0 fully saturated rings. The van der Waals surface area contributed by atoms with Crippen LogP contribution >= 0.6 is 11.3 Å². The second kappa shape index (κ2) is 8.91. The second-order valence-electron chi connectivity index (χ2n) is 10.0. The quantitative estimate of drug-likeness (QED) is 0.422. The van der Waals surface area contributed by atoms with E-state index >= 15 is 0 Å². The molecule has 36 heavy (non-hydrogen) atoms. The third-order valence-corrected chi connectivity index (χ3v) is 5.93. The summed E-state index contributed by atoms with van der Waals surface area (Å²) in [5.74, 6) is 0.287. The molecule has 1 N–H and O–H groups in total. The van der Waals surface area contributed by atoms with Gasteiger partial charge in [-0.25, -0.2) is 14.8 Å². The van der Waals surface area contributed by atoms with Gasteiger partial charge in [-0.3, -0.25) is 9.88 Å². The van der Waals surface area contributed by atoms with Crippen LogP contribution in [0.25, 0.3) is 11.4 Å². The second-order valence-corrected chi connectivity index (χ2v) is 10.9. The molecule has 0 saturated carbocycles. The molecule has 4 rings (SSSR count). The van der Waals surface area contributed by atoms with Crippen molar-refractivity contribution in [3.8, 4) is 17.1 Å². The van der Waals surface area contributed by atoms with Crippen LogP contribution < -0.4 is 15.0 Å². The number of thiazole rings is 1. The molecule has 0 bridgehead atoms. The fourth-order valence-electron chi connectivity index (χ4n) is 3.59. The molecule has 1 aliphatic heterocycles. The number of halogens is 3. The summed E-state index contributed by atoms with van der Waals surface area (Å²) in [6.45, 7) is 8.97. The standard InChI is InChI=1S/C24H26F3N5O3S/c1-22(2,3)35-21(33)32(6)14-8-15(24(25,26)27)19(29-10-14)31-20-30-17(12-36-20)16-7-13-9-23(4,5)34-18(13)11-28-16/h7-8,10-12H,9H2,1-6H3,(H,29,30,31). The Kier molecular flexibility index (Phi) is 6.36. The van der Waals surface area contributed by atoms with Crippen molar-refractivity contribution in [2.45, 2.75) is 58.4 Å². The van der Waals surface area contributed by atoms with Crippen molar-refractivity contribution in [2.75, 3.05) is 17.3 Å². The maximum absolute atomic E-state index is 13.9. The fourth-order valence-corrected chi connectivity index (χ4v) is 4.29. The predicted octanol–water partition coefficient (Wildman–Crippen LogP) is 6.45. The number of alkyl halides is 3. The SMILES string of the molecule is CN(C(=O)OC(C)(C)C)c1cnc(Nc2nc(-c3cc4c(cn3)OC(C)(C)C4)cs2)c(C(F)(F)F)c1. The minimum Gasteiger partial charge on any atom is -0.486 e. The lowest BCUT2D eigenvalue weighted by molar-refractivity contribution is -0.137. The number of amides is 1. The average Bonchev–Trinajstić information content (AvgIpc) is 3.33. The van der Waals surface area contributed by atoms with E-state index in [9.17, 15) is 18.0 Å². The van der Waals surface area contributed by atoms with Gasteiger partial charge in [0.25, 0.3) is 0 Å². The third kappa shape index (κ3) is 5.69. The molecular formula is C24H26F3N5O3S. The van der Waals surface area contributed by atoms with Crippen molar-refractivity contribution in [3.63, 3.8) is 0 Å². The summed E-state index contributed by atoms with van der Waals surface area (Å²) in [4.78, 5) is 26.0. The van der Waals surface area contributed by atoms with Gasteiger partial charge in [-0.1, -0.05) is 0 Å². The molecule has 12 heteroatoms. The topological polar surface area (TPSA) is 89.5 Å². The molecule has 192 valence electrons. The van der Waals surface area contributed by atoms with E-state index in [-0.39, 0.29) is 16.4 Å². The largest absolute Gasteiger partial charge is 0.486 e. The highest BCUT2D eigenvalue weighted by Gasteiger charge is 2.36. The van der Waals surface area contributed by atoms with Crippen LogP contribution in [0.15, 0.2) is 29.9 Å². The van der Waals surface area contributed by atoms with E-state index in [1.807, 2.05) is 19.9 Å². The van der Waals surface area contributed by atoms with Gasteiger partial charge in [0, 0.05) is 24.4 Å². The summed E-state index contributed by atoms with van der Waals surface area (Å²) in [6, 6.07) is 2.72. The molecule has 1 amide bonds. The maximum atomic E-state index is 13.9. The number of nitrogens with zero attached hydrogens (tertiary/aromatic N) is 4. The number of fused-ring (bicyclic) bond motifs is 1. The Balaban J connectivity index is 1.57. The normalized spacial score (nSPS) is 14.7. The molecule has 3 aromatic rings. The number of ether oxygens (including phenoxy) is 2. The number of pyridine rings is 2. The Bertz CT molecular complexity index is 1300. The summed E-state index contributed by atoms with van der Waals surface area (Å²) >= 11 is 1.13. The highest BCUT2D eigenvalue weighted by atomic mass is 32.1. The highest BCUT2D eigenvalue weighted by Crippen LogP contribution is 2.39. The van der Waals surface area contributed by atoms with Gasteiger partial charge in [0.05, 0.1) is 23.8 Å². The number of carbonyl (C=O) groups excluding carboxylic acids is 1. The summed E-state index contributed by atoms with van der Waals surface area (Å²) in [5, 5.41) is 4.58. The minimum absolute atomic E-state index is 0.0607. The van der Waals surface area contributed by atoms with Crippen LogP contribution in [0.4, 0.5) is 34.6 Å². The first kappa shape index (κ1) is 25.7. The zero-order valence-electron chi connectivity index (χ0n) is 20.6. The first-order chi connectivity index (χ1) is 16.6. The number of rotatable bonds is 4. The molecule has 0 radical (unpaired) electrons. The number of hydrogen-bond donors (Lipinski definition) is 1. The lowest BCUT2D eigenvalue weighted by Crippen LogP contribution is -2.34. The van der Waals surface area contributed by atoms with Gasteiger partial charge >= 0.3 is 12.3 Å². The molecular weight excluding hydrogens is 495 g/mol. The van der Waals surface area contributed by atoms with Crippen LogP contribution in [0.2, 0.25) is 0 Å². The molecule has 3 aromatic heterocycles. The van der Waals surface area contributed by atoms with Gasteiger partial charge in [-0.05, 0) is 46.8 Å². The van der Waals surface area contributed by atoms with Gasteiger partial charge in [-0.2, -0.15) is 13.2 Å². The van der Waals surface area contributed by atoms with Crippen LogP contribution in [0, 0.1) is 0 Å². The Morgan fingerprint density at radius 3 is 2.56 bits per heavy atom. The highest BCUT2D eigenvalue weighted by molar-refractivity contribution is 7.14.